The molecule has 0 unspecified atom stereocenters. The summed E-state index contributed by atoms with van der Waals surface area (Å²) in [5.41, 5.74) is 0.834. The van der Waals surface area contributed by atoms with Crippen LogP contribution in [0.15, 0.2) is 47.4 Å². The van der Waals surface area contributed by atoms with Crippen molar-refractivity contribution in [2.45, 2.75) is 18.9 Å². The fourth-order valence-corrected chi connectivity index (χ4v) is 3.07. The molecule has 0 bridgehead atoms. The first-order valence-corrected chi connectivity index (χ1v) is 8.63. The highest BCUT2D eigenvalue weighted by Crippen LogP contribution is 2.27. The molecule has 1 aromatic heterocycles. The Bertz CT molecular complexity index is 844. The Morgan fingerprint density at radius 1 is 1.23 bits per heavy atom. The van der Waals surface area contributed by atoms with Crippen LogP contribution in [-0.2, 0) is 11.8 Å². The minimum atomic E-state index is -0.541. The normalized spacial score (nSPS) is 19.6. The molecule has 2 heterocycles. The number of pyridine rings is 1. The SMILES string of the molecule is CO[C@@]1(COc2ccc(C)cc2)CCN(C(=O)c2ccn(C)c(=O)c2)C1. The zero-order chi connectivity index (χ0) is 18.7. The number of methoxy groups -OCH3 is 1. The minimum Gasteiger partial charge on any atom is -0.491 e. The third-order valence-electron chi connectivity index (χ3n) is 4.91. The van der Waals surface area contributed by atoms with E-state index < -0.39 is 5.60 Å². The van der Waals surface area contributed by atoms with Crippen LogP contribution in [0, 0.1) is 6.92 Å². The molecule has 0 N–H and O–H groups in total. The van der Waals surface area contributed by atoms with E-state index >= 15 is 0 Å². The van der Waals surface area contributed by atoms with E-state index in [1.807, 2.05) is 31.2 Å². The molecule has 1 amide bonds. The van der Waals surface area contributed by atoms with Crippen LogP contribution in [0.1, 0.15) is 22.3 Å². The van der Waals surface area contributed by atoms with Crippen molar-refractivity contribution in [2.24, 2.45) is 7.05 Å². The molecule has 0 saturated carbocycles. The second kappa shape index (κ2) is 7.33. The molecule has 1 aromatic carbocycles. The summed E-state index contributed by atoms with van der Waals surface area (Å²) in [6.45, 7) is 3.40. The number of ether oxygens (including phenoxy) is 2. The third-order valence-corrected chi connectivity index (χ3v) is 4.91. The number of amides is 1. The summed E-state index contributed by atoms with van der Waals surface area (Å²) in [6.07, 6.45) is 2.29. The van der Waals surface area contributed by atoms with Crippen LogP contribution >= 0.6 is 0 Å². The van der Waals surface area contributed by atoms with Gasteiger partial charge >= 0.3 is 0 Å². The summed E-state index contributed by atoms with van der Waals surface area (Å²) in [4.78, 5) is 26.2. The Labute approximate surface area is 153 Å². The molecule has 0 radical (unpaired) electrons. The number of carbonyl (C=O) groups is 1. The number of aryl methyl sites for hydroxylation is 2. The lowest BCUT2D eigenvalue weighted by Crippen LogP contribution is -2.42. The van der Waals surface area contributed by atoms with E-state index in [0.29, 0.717) is 31.7 Å². The van der Waals surface area contributed by atoms with Crippen molar-refractivity contribution in [1.29, 1.82) is 0 Å². The van der Waals surface area contributed by atoms with Crippen molar-refractivity contribution >= 4 is 5.91 Å². The van der Waals surface area contributed by atoms with Gasteiger partial charge in [-0.1, -0.05) is 17.7 Å². The van der Waals surface area contributed by atoms with Crippen molar-refractivity contribution in [1.82, 2.24) is 9.47 Å². The van der Waals surface area contributed by atoms with Gasteiger partial charge in [0.05, 0.1) is 6.54 Å². The maximum absolute atomic E-state index is 12.7. The van der Waals surface area contributed by atoms with Crippen LogP contribution in [0.25, 0.3) is 0 Å². The number of nitrogens with zero attached hydrogens (tertiary/aromatic N) is 2. The molecule has 138 valence electrons. The molecule has 1 aliphatic rings. The van der Waals surface area contributed by atoms with Crippen LogP contribution in [0.2, 0.25) is 0 Å². The standard InChI is InChI=1S/C20H24N2O4/c1-15-4-6-17(7-5-15)26-14-20(25-3)9-11-22(13-20)19(24)16-8-10-21(2)18(23)12-16/h4-8,10,12H,9,11,13-14H2,1-3H3/t20-/m0/s1. The molecule has 0 spiro atoms. The summed E-state index contributed by atoms with van der Waals surface area (Å²) in [6, 6.07) is 10.9. The van der Waals surface area contributed by atoms with Gasteiger partial charge in [0.15, 0.2) is 0 Å². The van der Waals surface area contributed by atoms with Gasteiger partial charge in [0.2, 0.25) is 0 Å². The highest BCUT2D eigenvalue weighted by molar-refractivity contribution is 5.94. The number of hydrogen-bond acceptors (Lipinski definition) is 4. The number of hydrogen-bond donors (Lipinski definition) is 0. The van der Waals surface area contributed by atoms with Gasteiger partial charge in [0.25, 0.3) is 11.5 Å². The fraction of sp³-hybridized carbons (Fsp3) is 0.400. The smallest absolute Gasteiger partial charge is 0.254 e. The van der Waals surface area contributed by atoms with E-state index in [4.69, 9.17) is 9.47 Å². The Hall–Kier alpha value is -2.60. The summed E-state index contributed by atoms with van der Waals surface area (Å²) in [7, 11) is 3.30. The lowest BCUT2D eigenvalue weighted by Gasteiger charge is -2.28. The number of aromatic nitrogens is 1. The van der Waals surface area contributed by atoms with Crippen LogP contribution in [-0.4, -0.2) is 47.8 Å². The van der Waals surface area contributed by atoms with Gasteiger partial charge in [-0.25, -0.2) is 0 Å². The molecule has 6 nitrogen and oxygen atoms in total. The van der Waals surface area contributed by atoms with Crippen molar-refractivity contribution in [2.75, 3.05) is 26.8 Å². The maximum Gasteiger partial charge on any atom is 0.254 e. The molecule has 26 heavy (non-hydrogen) atoms. The topological polar surface area (TPSA) is 60.8 Å². The highest BCUT2D eigenvalue weighted by Gasteiger charge is 2.41. The Morgan fingerprint density at radius 3 is 2.62 bits per heavy atom. The Balaban J connectivity index is 1.67. The third kappa shape index (κ3) is 3.80. The zero-order valence-corrected chi connectivity index (χ0v) is 15.4. The summed E-state index contributed by atoms with van der Waals surface area (Å²) in [5, 5.41) is 0. The Kier molecular flexibility index (Phi) is 5.13. The van der Waals surface area contributed by atoms with Gasteiger partial charge in [-0.15, -0.1) is 0 Å². The van der Waals surface area contributed by atoms with E-state index in [1.165, 1.54) is 16.2 Å². The molecular formula is C20H24N2O4. The van der Waals surface area contributed by atoms with Crippen molar-refractivity contribution in [3.05, 3.63) is 64.1 Å². The van der Waals surface area contributed by atoms with Gasteiger partial charge < -0.3 is 18.9 Å². The predicted octanol–water partition coefficient (Wildman–Crippen LogP) is 2.00. The van der Waals surface area contributed by atoms with Gasteiger partial charge in [0, 0.05) is 38.5 Å². The molecule has 6 heteroatoms. The molecule has 1 fully saturated rings. The largest absolute Gasteiger partial charge is 0.491 e. The monoisotopic (exact) mass is 356 g/mol. The molecule has 0 aliphatic carbocycles. The Morgan fingerprint density at radius 2 is 1.96 bits per heavy atom. The van der Waals surface area contributed by atoms with Crippen molar-refractivity contribution in [3.63, 3.8) is 0 Å². The molecule has 1 atom stereocenters. The van der Waals surface area contributed by atoms with Gasteiger partial charge in [-0.05, 0) is 31.5 Å². The maximum atomic E-state index is 12.7. The van der Waals surface area contributed by atoms with E-state index in [0.717, 1.165) is 5.75 Å². The molecule has 3 rings (SSSR count). The van der Waals surface area contributed by atoms with Crippen molar-refractivity contribution < 1.29 is 14.3 Å². The van der Waals surface area contributed by atoms with E-state index in [9.17, 15) is 9.59 Å². The van der Waals surface area contributed by atoms with Crippen LogP contribution in [0.5, 0.6) is 5.75 Å². The second-order valence-electron chi connectivity index (χ2n) is 6.83. The second-order valence-corrected chi connectivity index (χ2v) is 6.83. The molecule has 2 aromatic rings. The predicted molar refractivity (Wildman–Crippen MR) is 98.6 cm³/mol. The lowest BCUT2D eigenvalue weighted by molar-refractivity contribution is -0.0342. The summed E-state index contributed by atoms with van der Waals surface area (Å²) in [5.74, 6) is 0.625. The van der Waals surface area contributed by atoms with E-state index in [-0.39, 0.29) is 11.5 Å². The van der Waals surface area contributed by atoms with Gasteiger partial charge in [-0.2, -0.15) is 0 Å². The van der Waals surface area contributed by atoms with Gasteiger partial charge in [-0.3, -0.25) is 9.59 Å². The highest BCUT2D eigenvalue weighted by atomic mass is 16.5. The van der Waals surface area contributed by atoms with E-state index in [2.05, 4.69) is 0 Å². The summed E-state index contributed by atoms with van der Waals surface area (Å²) < 4.78 is 13.1. The average molecular weight is 356 g/mol. The minimum absolute atomic E-state index is 0.156. The number of benzene rings is 1. The first-order chi connectivity index (χ1) is 12.4. The number of likely N-dealkylation sites (tertiary alicyclic amines) is 1. The number of rotatable bonds is 5. The van der Waals surface area contributed by atoms with E-state index in [1.54, 1.807) is 31.3 Å². The quantitative estimate of drug-likeness (QED) is 0.822. The first-order valence-electron chi connectivity index (χ1n) is 8.63. The fourth-order valence-electron chi connectivity index (χ4n) is 3.07. The lowest BCUT2D eigenvalue weighted by atomic mass is 10.0. The average Bonchev–Trinajstić information content (AvgIpc) is 3.08. The molecule has 1 aliphatic heterocycles. The van der Waals surface area contributed by atoms with Crippen LogP contribution < -0.4 is 10.3 Å². The molecule has 1 saturated heterocycles. The van der Waals surface area contributed by atoms with Crippen molar-refractivity contribution in [3.8, 4) is 5.75 Å². The zero-order valence-electron chi connectivity index (χ0n) is 15.4. The van der Waals surface area contributed by atoms with Gasteiger partial charge in [0.1, 0.15) is 18.0 Å². The van der Waals surface area contributed by atoms with Crippen LogP contribution in [0.3, 0.4) is 0 Å². The van der Waals surface area contributed by atoms with Crippen LogP contribution in [0.4, 0.5) is 0 Å². The number of carbonyl (C=O) groups excluding carboxylic acids is 1. The molecular weight excluding hydrogens is 332 g/mol. The first kappa shape index (κ1) is 18.2. The summed E-state index contributed by atoms with van der Waals surface area (Å²) >= 11 is 0.